The van der Waals surface area contributed by atoms with Gasteiger partial charge in [-0.2, -0.15) is 0 Å². The predicted molar refractivity (Wildman–Crippen MR) is 62.7 cm³/mol. The van der Waals surface area contributed by atoms with Crippen molar-refractivity contribution in [1.82, 2.24) is 0 Å². The molecule has 1 aliphatic rings. The molecule has 92 valence electrons. The normalized spacial score (nSPS) is 18.6. The number of cyclic esters (lactones) is 1. The molecular formula is C13H16O4. The van der Waals surface area contributed by atoms with E-state index >= 15 is 0 Å². The number of methoxy groups -OCH3 is 1. The van der Waals surface area contributed by atoms with E-state index in [1.54, 1.807) is 6.92 Å². The summed E-state index contributed by atoms with van der Waals surface area (Å²) in [6.45, 7) is 5.38. The van der Waals surface area contributed by atoms with Gasteiger partial charge in [0.2, 0.25) is 0 Å². The number of aromatic hydroxyl groups is 1. The number of phenols is 1. The van der Waals surface area contributed by atoms with E-state index in [2.05, 4.69) is 0 Å². The Morgan fingerprint density at radius 3 is 2.59 bits per heavy atom. The molecule has 0 saturated heterocycles. The van der Waals surface area contributed by atoms with E-state index in [-0.39, 0.29) is 17.8 Å². The molecule has 1 aromatic carbocycles. The number of phenolic OH excluding ortho intramolecular Hbond substituents is 1. The molecule has 4 nitrogen and oxygen atoms in total. The Hall–Kier alpha value is -1.71. The largest absolute Gasteiger partial charge is 0.507 e. The topological polar surface area (TPSA) is 55.8 Å². The van der Waals surface area contributed by atoms with Crippen molar-refractivity contribution < 1.29 is 19.4 Å². The fraction of sp³-hybridized carbons (Fsp3) is 0.462. The molecule has 2 rings (SSSR count). The number of carbonyl (C=O) groups excluding carboxylic acids is 1. The zero-order valence-electron chi connectivity index (χ0n) is 10.5. The fourth-order valence-electron chi connectivity index (χ4n) is 2.34. The van der Waals surface area contributed by atoms with Gasteiger partial charge < -0.3 is 14.6 Å². The Kier molecular flexibility index (Phi) is 2.73. The standard InChI is InChI=1S/C13H16O4/c1-6-5-9-7(2)11(14)8(3)12(16-4)10(9)13(15)17-6/h6,14H,5H2,1-4H3. The summed E-state index contributed by atoms with van der Waals surface area (Å²) in [6, 6.07) is 0. The van der Waals surface area contributed by atoms with Gasteiger partial charge in [0.15, 0.2) is 0 Å². The predicted octanol–water partition coefficient (Wildman–Crippen LogP) is 2.12. The van der Waals surface area contributed by atoms with Crippen LogP contribution < -0.4 is 4.74 Å². The molecule has 0 bridgehead atoms. The average molecular weight is 236 g/mol. The van der Waals surface area contributed by atoms with E-state index in [4.69, 9.17) is 9.47 Å². The minimum atomic E-state index is -0.373. The number of hydrogen-bond donors (Lipinski definition) is 1. The highest BCUT2D eigenvalue weighted by atomic mass is 16.5. The summed E-state index contributed by atoms with van der Waals surface area (Å²) in [5.74, 6) is 0.240. The second-order valence-electron chi connectivity index (χ2n) is 4.41. The van der Waals surface area contributed by atoms with Gasteiger partial charge in [-0.25, -0.2) is 4.79 Å². The van der Waals surface area contributed by atoms with Crippen LogP contribution in [-0.2, 0) is 11.2 Å². The number of esters is 1. The first-order chi connectivity index (χ1) is 7.97. The SMILES string of the molecule is COc1c(C)c(O)c(C)c2c1C(=O)OC(C)C2. The van der Waals surface area contributed by atoms with Crippen molar-refractivity contribution in [2.24, 2.45) is 0 Å². The number of rotatable bonds is 1. The molecule has 0 saturated carbocycles. The lowest BCUT2D eigenvalue weighted by molar-refractivity contribution is 0.0295. The Morgan fingerprint density at radius 2 is 2.00 bits per heavy atom. The van der Waals surface area contributed by atoms with Crippen molar-refractivity contribution in [2.45, 2.75) is 33.3 Å². The molecule has 0 aromatic heterocycles. The summed E-state index contributed by atoms with van der Waals surface area (Å²) in [7, 11) is 1.49. The highest BCUT2D eigenvalue weighted by molar-refractivity contribution is 5.97. The maximum atomic E-state index is 11.9. The monoisotopic (exact) mass is 236 g/mol. The van der Waals surface area contributed by atoms with Crippen LogP contribution >= 0.6 is 0 Å². The van der Waals surface area contributed by atoms with Crippen molar-refractivity contribution in [3.63, 3.8) is 0 Å². The highest BCUT2D eigenvalue weighted by Gasteiger charge is 2.31. The van der Waals surface area contributed by atoms with E-state index in [1.807, 2.05) is 13.8 Å². The third-order valence-electron chi connectivity index (χ3n) is 3.24. The second kappa shape index (κ2) is 3.95. The summed E-state index contributed by atoms with van der Waals surface area (Å²) >= 11 is 0. The van der Waals surface area contributed by atoms with Crippen LogP contribution in [0.15, 0.2) is 0 Å². The van der Waals surface area contributed by atoms with Gasteiger partial charge in [-0.15, -0.1) is 0 Å². The highest BCUT2D eigenvalue weighted by Crippen LogP contribution is 2.40. The van der Waals surface area contributed by atoms with Crippen LogP contribution in [0.25, 0.3) is 0 Å². The number of carbonyl (C=O) groups is 1. The van der Waals surface area contributed by atoms with Gasteiger partial charge in [0.25, 0.3) is 0 Å². The van der Waals surface area contributed by atoms with Crippen molar-refractivity contribution in [2.75, 3.05) is 7.11 Å². The maximum absolute atomic E-state index is 11.9. The Morgan fingerprint density at radius 1 is 1.35 bits per heavy atom. The molecule has 1 atom stereocenters. The van der Waals surface area contributed by atoms with Gasteiger partial charge in [0, 0.05) is 12.0 Å². The molecule has 0 aliphatic carbocycles. The molecule has 0 spiro atoms. The zero-order valence-corrected chi connectivity index (χ0v) is 10.5. The van der Waals surface area contributed by atoms with E-state index in [9.17, 15) is 9.90 Å². The van der Waals surface area contributed by atoms with Gasteiger partial charge >= 0.3 is 5.97 Å². The summed E-state index contributed by atoms with van der Waals surface area (Å²) in [5.41, 5.74) is 2.60. The van der Waals surface area contributed by atoms with E-state index in [0.717, 1.165) is 11.1 Å². The van der Waals surface area contributed by atoms with Crippen LogP contribution in [0.2, 0.25) is 0 Å². The Bertz CT molecular complexity index is 491. The lowest BCUT2D eigenvalue weighted by atomic mass is 9.90. The van der Waals surface area contributed by atoms with Gasteiger partial charge in [-0.1, -0.05) is 0 Å². The average Bonchev–Trinajstić information content (AvgIpc) is 2.28. The first-order valence-electron chi connectivity index (χ1n) is 5.57. The van der Waals surface area contributed by atoms with Gasteiger partial charge in [0.05, 0.1) is 7.11 Å². The van der Waals surface area contributed by atoms with E-state index in [1.165, 1.54) is 7.11 Å². The molecule has 17 heavy (non-hydrogen) atoms. The molecule has 0 amide bonds. The smallest absolute Gasteiger partial charge is 0.342 e. The quantitative estimate of drug-likeness (QED) is 0.759. The third kappa shape index (κ3) is 1.64. The lowest BCUT2D eigenvalue weighted by Crippen LogP contribution is -2.27. The maximum Gasteiger partial charge on any atom is 0.342 e. The molecule has 0 fully saturated rings. The molecular weight excluding hydrogens is 220 g/mol. The number of benzene rings is 1. The fourth-order valence-corrected chi connectivity index (χ4v) is 2.34. The van der Waals surface area contributed by atoms with Crippen LogP contribution in [0, 0.1) is 13.8 Å². The van der Waals surface area contributed by atoms with Crippen molar-refractivity contribution in [1.29, 1.82) is 0 Å². The molecule has 1 N–H and O–H groups in total. The lowest BCUT2D eigenvalue weighted by Gasteiger charge is -2.26. The second-order valence-corrected chi connectivity index (χ2v) is 4.41. The third-order valence-corrected chi connectivity index (χ3v) is 3.24. The number of fused-ring (bicyclic) bond motifs is 1. The summed E-state index contributed by atoms with van der Waals surface area (Å²) < 4.78 is 10.4. The molecule has 4 heteroatoms. The summed E-state index contributed by atoms with van der Waals surface area (Å²) in [4.78, 5) is 11.9. The number of ether oxygens (including phenoxy) is 2. The van der Waals surface area contributed by atoms with E-state index in [0.29, 0.717) is 23.3 Å². The molecule has 1 unspecified atom stereocenters. The molecule has 1 aliphatic heterocycles. The van der Waals surface area contributed by atoms with Gasteiger partial charge in [-0.3, -0.25) is 0 Å². The Balaban J connectivity index is 2.77. The summed E-state index contributed by atoms with van der Waals surface area (Å²) in [5, 5.41) is 10.0. The van der Waals surface area contributed by atoms with Gasteiger partial charge in [-0.05, 0) is 31.9 Å². The van der Waals surface area contributed by atoms with Crippen LogP contribution in [0.3, 0.4) is 0 Å². The zero-order chi connectivity index (χ0) is 12.7. The van der Waals surface area contributed by atoms with Crippen LogP contribution in [0.5, 0.6) is 11.5 Å². The van der Waals surface area contributed by atoms with E-state index < -0.39 is 0 Å². The van der Waals surface area contributed by atoms with Crippen molar-refractivity contribution in [3.05, 3.63) is 22.3 Å². The van der Waals surface area contributed by atoms with Crippen LogP contribution in [0.1, 0.15) is 34.0 Å². The molecule has 1 aromatic rings. The minimum absolute atomic E-state index is 0.166. The van der Waals surface area contributed by atoms with Crippen LogP contribution in [-0.4, -0.2) is 24.3 Å². The molecule has 0 radical (unpaired) electrons. The van der Waals surface area contributed by atoms with Crippen molar-refractivity contribution in [3.8, 4) is 11.5 Å². The minimum Gasteiger partial charge on any atom is -0.507 e. The molecule has 1 heterocycles. The first kappa shape index (κ1) is 11.8. The van der Waals surface area contributed by atoms with Gasteiger partial charge in [0.1, 0.15) is 23.2 Å². The number of hydrogen-bond acceptors (Lipinski definition) is 4. The summed E-state index contributed by atoms with van der Waals surface area (Å²) in [6.07, 6.45) is 0.442. The van der Waals surface area contributed by atoms with Crippen molar-refractivity contribution >= 4 is 5.97 Å². The first-order valence-corrected chi connectivity index (χ1v) is 5.57. The van der Waals surface area contributed by atoms with Crippen LogP contribution in [0.4, 0.5) is 0 Å². The Labute approximate surface area is 100 Å².